The molecule has 6 nitrogen and oxygen atoms in total. The highest BCUT2D eigenvalue weighted by atomic mass is 16.5. The summed E-state index contributed by atoms with van der Waals surface area (Å²) in [6, 6.07) is 3.70. The third kappa shape index (κ3) is 3.33. The highest BCUT2D eigenvalue weighted by Crippen LogP contribution is 2.15. The van der Waals surface area contributed by atoms with E-state index >= 15 is 0 Å². The van der Waals surface area contributed by atoms with Crippen LogP contribution < -0.4 is 10.6 Å². The summed E-state index contributed by atoms with van der Waals surface area (Å²) < 4.78 is 5.15. The first-order chi connectivity index (χ1) is 8.63. The van der Waals surface area contributed by atoms with Gasteiger partial charge in [0.2, 0.25) is 0 Å². The highest BCUT2D eigenvalue weighted by molar-refractivity contribution is 5.97. The summed E-state index contributed by atoms with van der Waals surface area (Å²) in [6.07, 6.45) is 1.64. The lowest BCUT2D eigenvalue weighted by molar-refractivity contribution is 0.181. The van der Waals surface area contributed by atoms with Crippen LogP contribution in [0.15, 0.2) is 23.5 Å². The van der Waals surface area contributed by atoms with Crippen molar-refractivity contribution in [3.05, 3.63) is 23.9 Å². The van der Waals surface area contributed by atoms with Gasteiger partial charge in [-0.2, -0.15) is 0 Å². The minimum atomic E-state index is 0.0779. The highest BCUT2D eigenvalue weighted by Gasteiger charge is 2.14. The van der Waals surface area contributed by atoms with Gasteiger partial charge in [-0.25, -0.2) is 4.98 Å². The molecule has 6 heteroatoms. The number of pyridine rings is 1. The van der Waals surface area contributed by atoms with Crippen LogP contribution in [0.4, 0.5) is 5.82 Å². The van der Waals surface area contributed by atoms with Gasteiger partial charge >= 0.3 is 0 Å². The molecule has 0 radical (unpaired) electrons. The number of likely N-dealkylation sites (N-methyl/N-ethyl adjacent to an activating group) is 1. The van der Waals surface area contributed by atoms with Crippen molar-refractivity contribution in [3.8, 4) is 0 Å². The Morgan fingerprint density at radius 1 is 1.67 bits per heavy atom. The molecule has 1 unspecified atom stereocenters. The summed E-state index contributed by atoms with van der Waals surface area (Å²) in [5, 5.41) is 11.7. The van der Waals surface area contributed by atoms with Gasteiger partial charge in [0.05, 0.1) is 12.6 Å². The van der Waals surface area contributed by atoms with Crippen molar-refractivity contribution in [2.75, 3.05) is 25.2 Å². The predicted octanol–water partition coefficient (Wildman–Crippen LogP) is 1.04. The van der Waals surface area contributed by atoms with E-state index in [0.717, 1.165) is 12.4 Å². The Morgan fingerprint density at radius 2 is 2.39 bits per heavy atom. The van der Waals surface area contributed by atoms with Gasteiger partial charge in [0.15, 0.2) is 5.84 Å². The van der Waals surface area contributed by atoms with E-state index in [0.29, 0.717) is 12.2 Å². The number of nitrogens with zero attached hydrogens (tertiary/aromatic N) is 3. The third-order valence-corrected chi connectivity index (χ3v) is 2.72. The summed E-state index contributed by atoms with van der Waals surface area (Å²) in [4.78, 5) is 6.40. The van der Waals surface area contributed by atoms with Crippen molar-refractivity contribution in [2.45, 2.75) is 19.9 Å². The fourth-order valence-electron chi connectivity index (χ4n) is 1.82. The second-order valence-electron chi connectivity index (χ2n) is 3.98. The molecule has 0 fully saturated rings. The van der Waals surface area contributed by atoms with E-state index in [1.165, 1.54) is 0 Å². The zero-order chi connectivity index (χ0) is 13.5. The normalized spacial score (nSPS) is 13.4. The number of anilines is 1. The smallest absolute Gasteiger partial charge is 0.170 e. The first-order valence-electron chi connectivity index (χ1n) is 5.83. The Bertz CT molecular complexity index is 409. The number of nitrogens with two attached hydrogens (primary N) is 1. The molecule has 100 valence electrons. The van der Waals surface area contributed by atoms with Gasteiger partial charge in [0, 0.05) is 25.4 Å². The van der Waals surface area contributed by atoms with Gasteiger partial charge in [-0.05, 0) is 26.0 Å². The lowest BCUT2D eigenvalue weighted by atomic mass is 10.2. The first kappa shape index (κ1) is 14.2. The zero-order valence-electron chi connectivity index (χ0n) is 11.0. The van der Waals surface area contributed by atoms with Crippen LogP contribution in [0.25, 0.3) is 0 Å². The molecule has 0 saturated carbocycles. The molecule has 1 rings (SSSR count). The fourth-order valence-corrected chi connectivity index (χ4v) is 1.82. The van der Waals surface area contributed by atoms with Gasteiger partial charge in [-0.3, -0.25) is 0 Å². The molecular weight excluding hydrogens is 232 g/mol. The Hall–Kier alpha value is -1.82. The minimum Gasteiger partial charge on any atom is -0.409 e. The second-order valence-corrected chi connectivity index (χ2v) is 3.98. The molecule has 1 aromatic rings. The molecule has 3 N–H and O–H groups in total. The topological polar surface area (TPSA) is 84.0 Å². The zero-order valence-corrected chi connectivity index (χ0v) is 11.0. The molecule has 1 heterocycles. The molecule has 1 atom stereocenters. The maximum absolute atomic E-state index is 8.68. The number of methoxy groups -OCH3 is 1. The third-order valence-electron chi connectivity index (χ3n) is 2.72. The molecule has 0 aliphatic rings. The van der Waals surface area contributed by atoms with Crippen molar-refractivity contribution >= 4 is 11.7 Å². The number of aromatic nitrogens is 1. The maximum Gasteiger partial charge on any atom is 0.170 e. The van der Waals surface area contributed by atoms with E-state index in [9.17, 15) is 0 Å². The van der Waals surface area contributed by atoms with Crippen molar-refractivity contribution in [1.82, 2.24) is 4.98 Å². The molecule has 0 spiro atoms. The van der Waals surface area contributed by atoms with Crippen LogP contribution in [0, 0.1) is 0 Å². The molecule has 0 saturated heterocycles. The van der Waals surface area contributed by atoms with Crippen LogP contribution in [-0.4, -0.2) is 42.3 Å². The molecule has 0 aliphatic carbocycles. The average molecular weight is 252 g/mol. The number of hydrogen-bond donors (Lipinski definition) is 2. The van der Waals surface area contributed by atoms with Gasteiger partial charge < -0.3 is 20.6 Å². The summed E-state index contributed by atoms with van der Waals surface area (Å²) >= 11 is 0. The quantitative estimate of drug-likeness (QED) is 0.342. The van der Waals surface area contributed by atoms with Crippen molar-refractivity contribution in [2.24, 2.45) is 10.9 Å². The number of ether oxygens (including phenoxy) is 1. The predicted molar refractivity (Wildman–Crippen MR) is 71.1 cm³/mol. The average Bonchev–Trinajstić information content (AvgIpc) is 2.39. The van der Waals surface area contributed by atoms with E-state index in [2.05, 4.69) is 22.0 Å². The Kier molecular flexibility index (Phi) is 5.38. The number of hydrogen-bond acceptors (Lipinski definition) is 5. The van der Waals surface area contributed by atoms with Gasteiger partial charge in [-0.1, -0.05) is 5.16 Å². The monoisotopic (exact) mass is 252 g/mol. The lowest BCUT2D eigenvalue weighted by Crippen LogP contribution is -2.36. The standard InChI is InChI=1S/C12H20N4O2/c1-4-16(9(2)8-18-3)11-7-10(5-6-14-11)12(13)15-17/h5-7,9,17H,4,8H2,1-3H3,(H2,13,15). The lowest BCUT2D eigenvalue weighted by Gasteiger charge is -2.28. The van der Waals surface area contributed by atoms with Crippen LogP contribution in [0.1, 0.15) is 19.4 Å². The SMILES string of the molecule is CCN(c1cc(C(N)=NO)ccn1)C(C)COC. The fraction of sp³-hybridized carbons (Fsp3) is 0.500. The van der Waals surface area contributed by atoms with Crippen LogP contribution in [0.3, 0.4) is 0 Å². The Morgan fingerprint density at radius 3 is 2.94 bits per heavy atom. The maximum atomic E-state index is 8.68. The molecule has 1 aromatic heterocycles. The first-order valence-corrected chi connectivity index (χ1v) is 5.83. The van der Waals surface area contributed by atoms with E-state index in [-0.39, 0.29) is 11.9 Å². The minimum absolute atomic E-state index is 0.0779. The summed E-state index contributed by atoms with van der Waals surface area (Å²) in [5.41, 5.74) is 6.21. The molecule has 18 heavy (non-hydrogen) atoms. The molecular formula is C12H20N4O2. The van der Waals surface area contributed by atoms with Crippen molar-refractivity contribution in [1.29, 1.82) is 0 Å². The largest absolute Gasteiger partial charge is 0.409 e. The van der Waals surface area contributed by atoms with Gasteiger partial charge in [0.1, 0.15) is 5.82 Å². The van der Waals surface area contributed by atoms with Crippen molar-refractivity contribution < 1.29 is 9.94 Å². The van der Waals surface area contributed by atoms with E-state index in [1.807, 2.05) is 6.92 Å². The van der Waals surface area contributed by atoms with Crippen LogP contribution in [0.5, 0.6) is 0 Å². The van der Waals surface area contributed by atoms with E-state index in [1.54, 1.807) is 25.4 Å². The van der Waals surface area contributed by atoms with Crippen LogP contribution in [0.2, 0.25) is 0 Å². The number of rotatable bonds is 6. The molecule has 0 amide bonds. The van der Waals surface area contributed by atoms with Gasteiger partial charge in [-0.15, -0.1) is 0 Å². The number of amidine groups is 1. The molecule has 0 bridgehead atoms. The van der Waals surface area contributed by atoms with Crippen molar-refractivity contribution in [3.63, 3.8) is 0 Å². The Balaban J connectivity index is 2.99. The summed E-state index contributed by atoms with van der Waals surface area (Å²) in [7, 11) is 1.67. The van der Waals surface area contributed by atoms with Crippen LogP contribution in [-0.2, 0) is 4.74 Å². The Labute approximate surface area is 107 Å². The second kappa shape index (κ2) is 6.80. The van der Waals surface area contributed by atoms with Crippen LogP contribution >= 0.6 is 0 Å². The molecule has 0 aromatic carbocycles. The number of oxime groups is 1. The van der Waals surface area contributed by atoms with E-state index < -0.39 is 0 Å². The summed E-state index contributed by atoms with van der Waals surface area (Å²) in [5.74, 6) is 0.861. The van der Waals surface area contributed by atoms with Gasteiger partial charge in [0.25, 0.3) is 0 Å². The molecule has 0 aliphatic heterocycles. The van der Waals surface area contributed by atoms with E-state index in [4.69, 9.17) is 15.7 Å². The summed E-state index contributed by atoms with van der Waals surface area (Å²) in [6.45, 7) is 5.52.